The molecule has 0 spiro atoms. The molecule has 1 atom stereocenters. The number of amides is 2. The summed E-state index contributed by atoms with van der Waals surface area (Å²) in [6.45, 7) is 3.87. The highest BCUT2D eigenvalue weighted by Gasteiger charge is 2.08. The number of furan rings is 1. The van der Waals surface area contributed by atoms with Crippen LogP contribution < -0.4 is 10.6 Å². The molecule has 20 heavy (non-hydrogen) atoms. The fourth-order valence-electron chi connectivity index (χ4n) is 1.82. The first-order chi connectivity index (χ1) is 9.63. The molecule has 0 aliphatic heterocycles. The molecule has 0 radical (unpaired) electrons. The van der Waals surface area contributed by atoms with Crippen LogP contribution in [-0.2, 0) is 6.42 Å². The number of aromatic nitrogens is 1. The van der Waals surface area contributed by atoms with E-state index >= 15 is 0 Å². The Morgan fingerprint density at radius 2 is 2.25 bits per heavy atom. The van der Waals surface area contributed by atoms with Crippen molar-refractivity contribution < 1.29 is 9.21 Å². The smallest absolute Gasteiger partial charge is 0.319 e. The highest BCUT2D eigenvalue weighted by Crippen LogP contribution is 2.07. The molecule has 0 bridgehead atoms. The van der Waals surface area contributed by atoms with Crippen molar-refractivity contribution in [1.29, 1.82) is 0 Å². The molecule has 0 fully saturated rings. The number of rotatable bonds is 5. The summed E-state index contributed by atoms with van der Waals surface area (Å²) >= 11 is 0. The van der Waals surface area contributed by atoms with Gasteiger partial charge in [0.1, 0.15) is 5.76 Å². The van der Waals surface area contributed by atoms with Crippen LogP contribution in [0.3, 0.4) is 0 Å². The van der Waals surface area contributed by atoms with Crippen molar-refractivity contribution in [2.75, 3.05) is 5.32 Å². The minimum Gasteiger partial charge on any atom is -0.469 e. The van der Waals surface area contributed by atoms with E-state index in [9.17, 15) is 4.79 Å². The third kappa shape index (κ3) is 4.42. The van der Waals surface area contributed by atoms with Gasteiger partial charge in [0.2, 0.25) is 0 Å². The topological polar surface area (TPSA) is 67.2 Å². The zero-order valence-electron chi connectivity index (χ0n) is 11.7. The van der Waals surface area contributed by atoms with Crippen LogP contribution in [0.1, 0.15) is 24.8 Å². The predicted octanol–water partition coefficient (Wildman–Crippen LogP) is 3.13. The van der Waals surface area contributed by atoms with Gasteiger partial charge in [-0.05, 0) is 44.5 Å². The second-order valence-corrected chi connectivity index (χ2v) is 4.81. The lowest BCUT2D eigenvalue weighted by atomic mass is 10.1. The fourth-order valence-corrected chi connectivity index (χ4v) is 1.82. The van der Waals surface area contributed by atoms with E-state index in [1.54, 1.807) is 12.5 Å². The van der Waals surface area contributed by atoms with Gasteiger partial charge in [-0.25, -0.2) is 4.79 Å². The number of anilines is 1. The van der Waals surface area contributed by atoms with Gasteiger partial charge in [-0.2, -0.15) is 0 Å². The molecule has 0 aliphatic rings. The molecule has 0 unspecified atom stereocenters. The van der Waals surface area contributed by atoms with Gasteiger partial charge < -0.3 is 15.1 Å². The quantitative estimate of drug-likeness (QED) is 0.879. The highest BCUT2D eigenvalue weighted by molar-refractivity contribution is 5.89. The number of nitrogens with zero attached hydrogens (tertiary/aromatic N) is 1. The Morgan fingerprint density at radius 1 is 1.40 bits per heavy atom. The van der Waals surface area contributed by atoms with Crippen molar-refractivity contribution in [2.24, 2.45) is 0 Å². The summed E-state index contributed by atoms with van der Waals surface area (Å²) in [7, 11) is 0. The molecule has 106 valence electrons. The molecule has 2 heterocycles. The summed E-state index contributed by atoms with van der Waals surface area (Å²) < 4.78 is 5.26. The average Bonchev–Trinajstić information content (AvgIpc) is 2.92. The van der Waals surface area contributed by atoms with Crippen molar-refractivity contribution in [3.05, 3.63) is 48.2 Å². The second-order valence-electron chi connectivity index (χ2n) is 4.81. The van der Waals surface area contributed by atoms with Gasteiger partial charge in [-0.3, -0.25) is 4.98 Å². The molecule has 2 aromatic rings. The third-order valence-corrected chi connectivity index (χ3v) is 2.95. The molecule has 0 aromatic carbocycles. The first-order valence-corrected chi connectivity index (χ1v) is 6.66. The van der Waals surface area contributed by atoms with Gasteiger partial charge in [-0.1, -0.05) is 0 Å². The summed E-state index contributed by atoms with van der Waals surface area (Å²) in [6, 6.07) is 7.34. The summed E-state index contributed by atoms with van der Waals surface area (Å²) in [6.07, 6.45) is 4.93. The van der Waals surface area contributed by atoms with Gasteiger partial charge in [0, 0.05) is 18.2 Å². The first-order valence-electron chi connectivity index (χ1n) is 6.66. The zero-order valence-corrected chi connectivity index (χ0v) is 11.7. The van der Waals surface area contributed by atoms with E-state index in [4.69, 9.17) is 4.42 Å². The van der Waals surface area contributed by atoms with Crippen molar-refractivity contribution in [1.82, 2.24) is 10.3 Å². The van der Waals surface area contributed by atoms with Crippen LogP contribution in [0, 0.1) is 6.92 Å². The summed E-state index contributed by atoms with van der Waals surface area (Å²) in [5.74, 6) is 0.932. The number of carbonyl (C=O) groups excluding carboxylic acids is 1. The number of urea groups is 1. The molecule has 0 saturated heterocycles. The standard InChI is InChI=1S/C15H19N3O2/c1-11-5-7-13(10-16-11)18-15(19)17-12(2)6-8-14-4-3-9-20-14/h3-5,7,9-10,12H,6,8H2,1-2H3,(H2,17,18,19)/t12-/m0/s1. The minimum absolute atomic E-state index is 0.0681. The Bertz CT molecular complexity index is 535. The number of hydrogen-bond donors (Lipinski definition) is 2. The van der Waals surface area contributed by atoms with Crippen molar-refractivity contribution in [3.8, 4) is 0 Å². The number of aryl methyl sites for hydroxylation is 2. The maximum absolute atomic E-state index is 11.8. The second kappa shape index (κ2) is 6.75. The summed E-state index contributed by atoms with van der Waals surface area (Å²) in [5, 5.41) is 5.64. The van der Waals surface area contributed by atoms with Crippen LogP contribution >= 0.6 is 0 Å². The van der Waals surface area contributed by atoms with Gasteiger partial charge in [0.25, 0.3) is 0 Å². The largest absolute Gasteiger partial charge is 0.469 e. The lowest BCUT2D eigenvalue weighted by Gasteiger charge is -2.14. The van der Waals surface area contributed by atoms with E-state index in [0.29, 0.717) is 5.69 Å². The van der Waals surface area contributed by atoms with Crippen LogP contribution in [0.2, 0.25) is 0 Å². The normalized spacial score (nSPS) is 11.9. The Hall–Kier alpha value is -2.30. The molecule has 2 N–H and O–H groups in total. The Balaban J connectivity index is 1.74. The van der Waals surface area contributed by atoms with E-state index in [0.717, 1.165) is 24.3 Å². The maximum atomic E-state index is 11.8. The number of hydrogen-bond acceptors (Lipinski definition) is 3. The maximum Gasteiger partial charge on any atom is 0.319 e. The lowest BCUT2D eigenvalue weighted by molar-refractivity contribution is 0.248. The number of carbonyl (C=O) groups is 1. The van der Waals surface area contributed by atoms with E-state index in [-0.39, 0.29) is 12.1 Å². The third-order valence-electron chi connectivity index (χ3n) is 2.95. The van der Waals surface area contributed by atoms with E-state index in [2.05, 4.69) is 15.6 Å². The molecule has 2 rings (SSSR count). The van der Waals surface area contributed by atoms with Crippen LogP contribution in [0.15, 0.2) is 41.1 Å². The zero-order chi connectivity index (χ0) is 14.4. The first kappa shape index (κ1) is 14.1. The van der Waals surface area contributed by atoms with Crippen molar-refractivity contribution >= 4 is 11.7 Å². The van der Waals surface area contributed by atoms with E-state index < -0.39 is 0 Å². The van der Waals surface area contributed by atoms with E-state index in [1.807, 2.05) is 38.1 Å². The average molecular weight is 273 g/mol. The lowest BCUT2D eigenvalue weighted by Crippen LogP contribution is -2.36. The Morgan fingerprint density at radius 3 is 2.90 bits per heavy atom. The van der Waals surface area contributed by atoms with Gasteiger partial charge in [0.15, 0.2) is 0 Å². The Labute approximate surface area is 118 Å². The van der Waals surface area contributed by atoms with Crippen molar-refractivity contribution in [2.45, 2.75) is 32.7 Å². The summed E-state index contributed by atoms with van der Waals surface area (Å²) in [4.78, 5) is 15.9. The molecule has 0 saturated carbocycles. The molecule has 5 nitrogen and oxygen atoms in total. The van der Waals surface area contributed by atoms with Gasteiger partial charge in [0.05, 0.1) is 18.1 Å². The van der Waals surface area contributed by atoms with Crippen molar-refractivity contribution in [3.63, 3.8) is 0 Å². The number of pyridine rings is 1. The minimum atomic E-state index is -0.220. The monoisotopic (exact) mass is 273 g/mol. The summed E-state index contributed by atoms with van der Waals surface area (Å²) in [5.41, 5.74) is 1.61. The Kier molecular flexibility index (Phi) is 4.76. The van der Waals surface area contributed by atoms with Crippen LogP contribution in [0.4, 0.5) is 10.5 Å². The molecular weight excluding hydrogens is 254 g/mol. The van der Waals surface area contributed by atoms with Crippen LogP contribution in [0.5, 0.6) is 0 Å². The predicted molar refractivity (Wildman–Crippen MR) is 77.6 cm³/mol. The fraction of sp³-hybridized carbons (Fsp3) is 0.333. The highest BCUT2D eigenvalue weighted by atomic mass is 16.3. The number of nitrogens with one attached hydrogen (secondary N) is 2. The molecular formula is C15H19N3O2. The van der Waals surface area contributed by atoms with Gasteiger partial charge >= 0.3 is 6.03 Å². The molecule has 2 amide bonds. The SMILES string of the molecule is Cc1ccc(NC(=O)N[C@@H](C)CCc2ccco2)cn1. The molecule has 2 aromatic heterocycles. The van der Waals surface area contributed by atoms with Crippen LogP contribution in [-0.4, -0.2) is 17.1 Å². The van der Waals surface area contributed by atoms with Crippen LogP contribution in [0.25, 0.3) is 0 Å². The van der Waals surface area contributed by atoms with Gasteiger partial charge in [-0.15, -0.1) is 0 Å². The van der Waals surface area contributed by atoms with E-state index in [1.165, 1.54) is 0 Å². The molecule has 0 aliphatic carbocycles. The molecule has 5 heteroatoms.